The fraction of sp³-hybridized carbons (Fsp3) is 0.167. The summed E-state index contributed by atoms with van der Waals surface area (Å²) in [7, 11) is -6.20. The van der Waals surface area contributed by atoms with Crippen molar-refractivity contribution in [2.75, 3.05) is 35.7 Å². The van der Waals surface area contributed by atoms with Crippen molar-refractivity contribution in [3.63, 3.8) is 0 Å². The standard InChI is InChI=1S/C24H22F2N4O5S2/c1-35-24-21(30-37(33,34)22-7-5-18(25)13-19(22)26)12-17(14-28-24)15-3-6-20-16(11-15)4-8-23(29-20)27-9-10-36(2,31)32/h3-8,11-14,30H,9-10H2,1-2H3,(H,27,29). The lowest BCUT2D eigenvalue weighted by Gasteiger charge is -2.13. The maximum absolute atomic E-state index is 14.1. The van der Waals surface area contributed by atoms with Crippen molar-refractivity contribution >= 4 is 42.3 Å². The predicted molar refractivity (Wildman–Crippen MR) is 137 cm³/mol. The summed E-state index contributed by atoms with van der Waals surface area (Å²) in [6, 6.07) is 12.5. The molecule has 0 fully saturated rings. The third kappa shape index (κ3) is 6.30. The fourth-order valence-electron chi connectivity index (χ4n) is 3.51. The monoisotopic (exact) mass is 548 g/mol. The minimum absolute atomic E-state index is 0.0178. The van der Waals surface area contributed by atoms with Gasteiger partial charge in [-0.3, -0.25) is 4.72 Å². The number of nitrogens with zero attached hydrogens (tertiary/aromatic N) is 2. The molecule has 0 saturated heterocycles. The Morgan fingerprint density at radius 1 is 0.946 bits per heavy atom. The molecule has 4 rings (SSSR count). The average molecular weight is 549 g/mol. The molecule has 0 unspecified atom stereocenters. The highest BCUT2D eigenvalue weighted by molar-refractivity contribution is 7.92. The van der Waals surface area contributed by atoms with Gasteiger partial charge in [-0.15, -0.1) is 0 Å². The number of pyridine rings is 2. The van der Waals surface area contributed by atoms with Gasteiger partial charge in [0.15, 0.2) is 0 Å². The SMILES string of the molecule is COc1ncc(-c2ccc3nc(NCCS(C)(=O)=O)ccc3c2)cc1NS(=O)(=O)c1ccc(F)cc1F. The molecule has 0 aliphatic heterocycles. The molecule has 4 aromatic rings. The Bertz CT molecular complexity index is 1700. The number of anilines is 2. The first-order chi connectivity index (χ1) is 17.4. The Hall–Kier alpha value is -3.84. The van der Waals surface area contributed by atoms with Gasteiger partial charge < -0.3 is 10.1 Å². The van der Waals surface area contributed by atoms with Gasteiger partial charge in [-0.05, 0) is 48.0 Å². The fourth-order valence-corrected chi connectivity index (χ4v) is 5.09. The number of hydrogen-bond donors (Lipinski definition) is 2. The number of methoxy groups -OCH3 is 1. The molecule has 0 aliphatic carbocycles. The minimum Gasteiger partial charge on any atom is -0.480 e. The summed E-state index contributed by atoms with van der Waals surface area (Å²) in [5.74, 6) is -1.67. The van der Waals surface area contributed by atoms with E-state index in [2.05, 4.69) is 20.0 Å². The first-order valence-electron chi connectivity index (χ1n) is 10.8. The van der Waals surface area contributed by atoms with Crippen molar-refractivity contribution in [3.05, 3.63) is 72.4 Å². The third-order valence-electron chi connectivity index (χ3n) is 5.27. The maximum atomic E-state index is 14.1. The van der Waals surface area contributed by atoms with E-state index < -0.39 is 36.4 Å². The molecule has 0 spiro atoms. The van der Waals surface area contributed by atoms with E-state index in [0.717, 1.165) is 23.8 Å². The van der Waals surface area contributed by atoms with E-state index >= 15 is 0 Å². The summed E-state index contributed by atoms with van der Waals surface area (Å²) >= 11 is 0. The van der Waals surface area contributed by atoms with Gasteiger partial charge in [-0.1, -0.05) is 6.07 Å². The van der Waals surface area contributed by atoms with Crippen LogP contribution >= 0.6 is 0 Å². The van der Waals surface area contributed by atoms with Crippen LogP contribution in [0.15, 0.2) is 65.7 Å². The van der Waals surface area contributed by atoms with Gasteiger partial charge in [0, 0.05) is 36.0 Å². The second kappa shape index (κ2) is 10.3. The van der Waals surface area contributed by atoms with Crippen LogP contribution in [0.5, 0.6) is 5.88 Å². The lowest BCUT2D eigenvalue weighted by molar-refractivity contribution is 0.400. The highest BCUT2D eigenvalue weighted by Crippen LogP contribution is 2.32. The minimum atomic E-state index is -4.42. The molecule has 0 atom stereocenters. The third-order valence-corrected chi connectivity index (χ3v) is 7.62. The van der Waals surface area contributed by atoms with E-state index in [-0.39, 0.29) is 23.9 Å². The van der Waals surface area contributed by atoms with Crippen molar-refractivity contribution in [1.29, 1.82) is 0 Å². The molecule has 37 heavy (non-hydrogen) atoms. The zero-order valence-corrected chi connectivity index (χ0v) is 21.3. The number of nitrogens with one attached hydrogen (secondary N) is 2. The predicted octanol–water partition coefficient (Wildman–Crippen LogP) is 3.84. The zero-order valence-electron chi connectivity index (χ0n) is 19.7. The Balaban J connectivity index is 1.62. The molecule has 0 aliphatic rings. The summed E-state index contributed by atoms with van der Waals surface area (Å²) < 4.78 is 83.0. The highest BCUT2D eigenvalue weighted by atomic mass is 32.2. The Labute approximate surface area is 212 Å². The van der Waals surface area contributed by atoms with Gasteiger partial charge in [0.1, 0.15) is 37.9 Å². The lowest BCUT2D eigenvalue weighted by Crippen LogP contribution is -2.15. The number of aromatic nitrogens is 2. The quantitative estimate of drug-likeness (QED) is 0.323. The van der Waals surface area contributed by atoms with Crippen LogP contribution in [0, 0.1) is 11.6 Å². The molecule has 2 heterocycles. The van der Waals surface area contributed by atoms with Gasteiger partial charge in [-0.2, -0.15) is 0 Å². The van der Waals surface area contributed by atoms with Gasteiger partial charge in [-0.25, -0.2) is 35.6 Å². The van der Waals surface area contributed by atoms with Crippen molar-refractivity contribution in [2.45, 2.75) is 4.90 Å². The first kappa shape index (κ1) is 26.2. The molecule has 0 amide bonds. The number of rotatable bonds is 9. The Kier molecular flexibility index (Phi) is 7.28. The van der Waals surface area contributed by atoms with E-state index in [1.807, 2.05) is 12.1 Å². The highest BCUT2D eigenvalue weighted by Gasteiger charge is 2.22. The molecule has 9 nitrogen and oxygen atoms in total. The van der Waals surface area contributed by atoms with Crippen LogP contribution in [-0.4, -0.2) is 52.5 Å². The summed E-state index contributed by atoms with van der Waals surface area (Å²) in [5.41, 5.74) is 1.85. The van der Waals surface area contributed by atoms with Crippen molar-refractivity contribution in [1.82, 2.24) is 9.97 Å². The number of sulfone groups is 1. The smallest absolute Gasteiger partial charge is 0.264 e. The molecule has 0 saturated carbocycles. The van der Waals surface area contributed by atoms with E-state index in [9.17, 15) is 25.6 Å². The molecular formula is C24H22F2N4O5S2. The van der Waals surface area contributed by atoms with Crippen LogP contribution in [0.4, 0.5) is 20.3 Å². The first-order valence-corrected chi connectivity index (χ1v) is 14.3. The Morgan fingerprint density at radius 3 is 2.43 bits per heavy atom. The van der Waals surface area contributed by atoms with Crippen LogP contribution in [0.2, 0.25) is 0 Å². The number of benzene rings is 2. The molecule has 2 N–H and O–H groups in total. The average Bonchev–Trinajstić information content (AvgIpc) is 2.82. The van der Waals surface area contributed by atoms with Crippen molar-refractivity contribution in [3.8, 4) is 17.0 Å². The molecule has 0 bridgehead atoms. The van der Waals surface area contributed by atoms with Crippen LogP contribution in [0.3, 0.4) is 0 Å². The molecule has 194 valence electrons. The second-order valence-corrected chi connectivity index (χ2v) is 12.0. The summed E-state index contributed by atoms with van der Waals surface area (Å²) in [5, 5.41) is 3.75. The van der Waals surface area contributed by atoms with Crippen LogP contribution < -0.4 is 14.8 Å². The van der Waals surface area contributed by atoms with E-state index in [1.165, 1.54) is 19.4 Å². The number of ether oxygens (including phenoxy) is 1. The molecule has 2 aromatic carbocycles. The molecule has 0 radical (unpaired) electrons. The summed E-state index contributed by atoms with van der Waals surface area (Å²) in [6.07, 6.45) is 2.65. The van der Waals surface area contributed by atoms with E-state index in [0.29, 0.717) is 28.5 Å². The van der Waals surface area contributed by atoms with Crippen molar-refractivity contribution in [2.24, 2.45) is 0 Å². The topological polar surface area (TPSA) is 127 Å². The molecular weight excluding hydrogens is 526 g/mol. The van der Waals surface area contributed by atoms with Crippen LogP contribution in [-0.2, 0) is 19.9 Å². The lowest BCUT2D eigenvalue weighted by atomic mass is 10.0. The normalized spacial score (nSPS) is 11.9. The van der Waals surface area contributed by atoms with Crippen LogP contribution in [0.25, 0.3) is 22.0 Å². The second-order valence-electron chi connectivity index (χ2n) is 8.12. The largest absolute Gasteiger partial charge is 0.480 e. The van der Waals surface area contributed by atoms with E-state index in [4.69, 9.17) is 4.74 Å². The molecule has 2 aromatic heterocycles. The van der Waals surface area contributed by atoms with E-state index in [1.54, 1.807) is 18.2 Å². The van der Waals surface area contributed by atoms with Gasteiger partial charge in [0.05, 0.1) is 18.4 Å². The van der Waals surface area contributed by atoms with Gasteiger partial charge in [0.25, 0.3) is 10.0 Å². The number of halogens is 2. The van der Waals surface area contributed by atoms with Gasteiger partial charge >= 0.3 is 0 Å². The molecule has 13 heteroatoms. The number of fused-ring (bicyclic) bond motifs is 1. The number of hydrogen-bond acceptors (Lipinski definition) is 8. The van der Waals surface area contributed by atoms with Crippen molar-refractivity contribution < 1.29 is 30.4 Å². The van der Waals surface area contributed by atoms with Crippen LogP contribution in [0.1, 0.15) is 0 Å². The summed E-state index contributed by atoms with van der Waals surface area (Å²) in [6.45, 7) is 0.230. The van der Waals surface area contributed by atoms with Gasteiger partial charge in [0.2, 0.25) is 5.88 Å². The maximum Gasteiger partial charge on any atom is 0.264 e. The summed E-state index contributed by atoms with van der Waals surface area (Å²) in [4.78, 5) is 7.91. The Morgan fingerprint density at radius 2 is 1.73 bits per heavy atom. The number of sulfonamides is 1. The zero-order chi connectivity index (χ0) is 26.8.